The van der Waals surface area contributed by atoms with Gasteiger partial charge in [0.05, 0.1) is 5.56 Å². The maximum absolute atomic E-state index is 12.4. The summed E-state index contributed by atoms with van der Waals surface area (Å²) >= 11 is 0. The van der Waals surface area contributed by atoms with Crippen molar-refractivity contribution in [2.45, 2.75) is 19.1 Å². The van der Waals surface area contributed by atoms with Crippen molar-refractivity contribution in [2.24, 2.45) is 0 Å². The third-order valence-electron chi connectivity index (χ3n) is 5.15. The fourth-order valence-corrected chi connectivity index (χ4v) is 3.05. The van der Waals surface area contributed by atoms with E-state index in [4.69, 9.17) is 10.0 Å². The molecular weight excluding hydrogens is 502 g/mol. The summed E-state index contributed by atoms with van der Waals surface area (Å²) in [5, 5.41) is 17.3. The molecule has 1 unspecified atom stereocenters. The SMILES string of the molecule is Cc1ccc(B(O)O)cc1.O=Cc1ccccc1.[Cl-].[NH3+]C(c1ccccc1)c1ccc(C(F)(F)F)cc1. The quantitative estimate of drug-likeness (QED) is 0.275. The van der Waals surface area contributed by atoms with Crippen molar-refractivity contribution in [1.82, 2.24) is 0 Å². The molecule has 4 rings (SSSR count). The first-order valence-corrected chi connectivity index (χ1v) is 11.1. The standard InChI is InChI=1S/C14H12F3N.C7H9BO2.C7H6O.ClH/c15-14(16,17)12-8-6-11(7-9-12)13(18)10-4-2-1-3-5-10;1-6-2-4-7(5-3-6)8(9)10;8-6-7-4-2-1-3-5-7;/h1-9,13H,18H2;2-5,9-10H,1H3;1-6H;1H. The van der Waals surface area contributed by atoms with Crippen molar-refractivity contribution in [3.05, 3.63) is 137 Å². The third-order valence-corrected chi connectivity index (χ3v) is 5.15. The highest BCUT2D eigenvalue weighted by molar-refractivity contribution is 6.58. The molecule has 0 aromatic heterocycles. The van der Waals surface area contributed by atoms with Gasteiger partial charge in [-0.1, -0.05) is 103 Å². The number of hydrogen-bond acceptors (Lipinski definition) is 3. The first kappa shape index (κ1) is 31.6. The summed E-state index contributed by atoms with van der Waals surface area (Å²) in [6, 6.07) is 30.6. The lowest BCUT2D eigenvalue weighted by atomic mass is 9.80. The van der Waals surface area contributed by atoms with Crippen LogP contribution in [0.5, 0.6) is 0 Å². The summed E-state index contributed by atoms with van der Waals surface area (Å²) in [4.78, 5) is 10.0. The zero-order valence-corrected chi connectivity index (χ0v) is 20.9. The molecule has 0 spiro atoms. The number of quaternary nitrogens is 1. The van der Waals surface area contributed by atoms with Crippen LogP contribution in [-0.4, -0.2) is 23.5 Å². The predicted octanol–water partition coefficient (Wildman–Crippen LogP) is 1.21. The highest BCUT2D eigenvalue weighted by Gasteiger charge is 2.30. The highest BCUT2D eigenvalue weighted by atomic mass is 35.5. The summed E-state index contributed by atoms with van der Waals surface area (Å²) in [5.74, 6) is 0. The van der Waals surface area contributed by atoms with Gasteiger partial charge in [-0.05, 0) is 24.5 Å². The Balaban J connectivity index is 0.000000305. The van der Waals surface area contributed by atoms with E-state index in [0.29, 0.717) is 5.46 Å². The smallest absolute Gasteiger partial charge is 0.488 e. The van der Waals surface area contributed by atoms with E-state index in [2.05, 4.69) is 5.73 Å². The van der Waals surface area contributed by atoms with Crippen LogP contribution in [0.2, 0.25) is 0 Å². The Kier molecular flexibility index (Phi) is 13.4. The molecule has 0 saturated heterocycles. The Morgan fingerprint density at radius 3 is 1.62 bits per heavy atom. The summed E-state index contributed by atoms with van der Waals surface area (Å²) in [6.45, 7) is 1.95. The fourth-order valence-electron chi connectivity index (χ4n) is 3.05. The number of hydrogen-bond donors (Lipinski definition) is 3. The largest absolute Gasteiger partial charge is 1.00 e. The van der Waals surface area contributed by atoms with Crippen LogP contribution >= 0.6 is 0 Å². The first-order valence-electron chi connectivity index (χ1n) is 11.1. The molecule has 194 valence electrons. The molecule has 0 radical (unpaired) electrons. The topological polar surface area (TPSA) is 85.2 Å². The minimum absolute atomic E-state index is 0. The second kappa shape index (κ2) is 15.6. The van der Waals surface area contributed by atoms with Crippen LogP contribution in [0.4, 0.5) is 13.2 Å². The molecule has 1 atom stereocenters. The molecule has 0 fully saturated rings. The van der Waals surface area contributed by atoms with E-state index < -0.39 is 18.9 Å². The normalized spacial score (nSPS) is 10.9. The zero-order chi connectivity index (χ0) is 26.6. The van der Waals surface area contributed by atoms with Gasteiger partial charge >= 0.3 is 13.3 Å². The van der Waals surface area contributed by atoms with Crippen LogP contribution in [0.25, 0.3) is 0 Å². The monoisotopic (exact) mass is 529 g/mol. The minimum atomic E-state index is -4.29. The highest BCUT2D eigenvalue weighted by Crippen LogP contribution is 2.30. The fraction of sp³-hybridized carbons (Fsp3) is 0.107. The molecule has 4 aromatic carbocycles. The van der Waals surface area contributed by atoms with Crippen molar-refractivity contribution in [2.75, 3.05) is 0 Å². The first-order chi connectivity index (χ1) is 17.1. The van der Waals surface area contributed by atoms with Crippen molar-refractivity contribution in [3.63, 3.8) is 0 Å². The van der Waals surface area contributed by atoms with Gasteiger partial charge in [-0.25, -0.2) is 0 Å². The van der Waals surface area contributed by atoms with Gasteiger partial charge in [0.15, 0.2) is 0 Å². The van der Waals surface area contributed by atoms with E-state index >= 15 is 0 Å². The van der Waals surface area contributed by atoms with Crippen molar-refractivity contribution in [1.29, 1.82) is 0 Å². The molecule has 4 nitrogen and oxygen atoms in total. The number of rotatable bonds is 4. The van der Waals surface area contributed by atoms with Crippen LogP contribution in [0.15, 0.2) is 109 Å². The maximum Gasteiger partial charge on any atom is 0.488 e. The van der Waals surface area contributed by atoms with Gasteiger partial charge in [-0.2, -0.15) is 13.2 Å². The number of aryl methyl sites for hydroxylation is 1. The third kappa shape index (κ3) is 11.0. The molecule has 0 aliphatic rings. The van der Waals surface area contributed by atoms with E-state index in [1.807, 2.05) is 67.6 Å². The molecule has 0 heterocycles. The van der Waals surface area contributed by atoms with Crippen LogP contribution in [-0.2, 0) is 6.18 Å². The average molecular weight is 530 g/mol. The van der Waals surface area contributed by atoms with Crippen molar-refractivity contribution < 1.29 is 46.2 Å². The Bertz CT molecular complexity index is 1180. The number of carbonyl (C=O) groups excluding carboxylic acids is 1. The van der Waals surface area contributed by atoms with Crippen LogP contribution in [0.1, 0.15) is 38.7 Å². The van der Waals surface area contributed by atoms with Crippen molar-refractivity contribution in [3.8, 4) is 0 Å². The van der Waals surface area contributed by atoms with Gasteiger partial charge in [0.1, 0.15) is 12.3 Å². The number of halogens is 4. The number of carbonyl (C=O) groups is 1. The van der Waals surface area contributed by atoms with Gasteiger partial charge in [0.2, 0.25) is 0 Å². The molecule has 9 heteroatoms. The Morgan fingerprint density at radius 2 is 1.22 bits per heavy atom. The lowest BCUT2D eigenvalue weighted by Crippen LogP contribution is -3.00. The summed E-state index contributed by atoms with van der Waals surface area (Å²) in [5.41, 5.74) is 7.49. The van der Waals surface area contributed by atoms with Gasteiger partial charge < -0.3 is 28.2 Å². The summed E-state index contributed by atoms with van der Waals surface area (Å²) in [7, 11) is -1.35. The predicted molar refractivity (Wildman–Crippen MR) is 135 cm³/mol. The Labute approximate surface area is 221 Å². The summed E-state index contributed by atoms with van der Waals surface area (Å²) < 4.78 is 37.3. The lowest BCUT2D eigenvalue weighted by Gasteiger charge is -2.11. The van der Waals surface area contributed by atoms with Crippen molar-refractivity contribution >= 4 is 18.9 Å². The number of alkyl halides is 3. The Hall–Kier alpha value is -3.43. The lowest BCUT2D eigenvalue weighted by molar-refractivity contribution is -0.411. The van der Waals surface area contributed by atoms with E-state index in [-0.39, 0.29) is 18.4 Å². The van der Waals surface area contributed by atoms with Gasteiger partial charge in [-0.3, -0.25) is 4.79 Å². The molecule has 37 heavy (non-hydrogen) atoms. The van der Waals surface area contributed by atoms with Gasteiger partial charge in [-0.15, -0.1) is 0 Å². The van der Waals surface area contributed by atoms with E-state index in [1.54, 1.807) is 24.3 Å². The van der Waals surface area contributed by atoms with Crippen LogP contribution < -0.4 is 23.6 Å². The van der Waals surface area contributed by atoms with Crippen LogP contribution in [0, 0.1) is 6.92 Å². The van der Waals surface area contributed by atoms with Gasteiger partial charge in [0, 0.05) is 16.7 Å². The molecule has 0 aliphatic heterocycles. The summed E-state index contributed by atoms with van der Waals surface area (Å²) in [6.07, 6.45) is -3.46. The zero-order valence-electron chi connectivity index (χ0n) is 20.1. The second-order valence-electron chi connectivity index (χ2n) is 7.90. The van der Waals surface area contributed by atoms with E-state index in [1.165, 1.54) is 12.1 Å². The molecule has 4 aromatic rings. The average Bonchev–Trinajstić information content (AvgIpc) is 2.90. The molecule has 0 saturated carbocycles. The molecule has 5 N–H and O–H groups in total. The molecule has 0 amide bonds. The van der Waals surface area contributed by atoms with Gasteiger partial charge in [0.25, 0.3) is 0 Å². The number of benzene rings is 4. The molecule has 0 bridgehead atoms. The molecular formula is C28H28BClF3NO3. The van der Waals surface area contributed by atoms with E-state index in [9.17, 15) is 18.0 Å². The molecule has 0 aliphatic carbocycles. The van der Waals surface area contributed by atoms with E-state index in [0.717, 1.165) is 40.7 Å². The number of aldehydes is 1. The second-order valence-corrected chi connectivity index (χ2v) is 7.90. The van der Waals surface area contributed by atoms with Crippen LogP contribution in [0.3, 0.4) is 0 Å². The Morgan fingerprint density at radius 1 is 0.757 bits per heavy atom. The minimum Gasteiger partial charge on any atom is -1.00 e. The maximum atomic E-state index is 12.4.